The lowest BCUT2D eigenvalue weighted by atomic mass is 9.82. The van der Waals surface area contributed by atoms with Crippen LogP contribution < -0.4 is 10.0 Å². The van der Waals surface area contributed by atoms with Gasteiger partial charge in [-0.15, -0.1) is 0 Å². The highest BCUT2D eigenvalue weighted by Crippen LogP contribution is 2.41. The minimum absolute atomic E-state index is 0.1000. The normalized spacial score (nSPS) is 22.5. The Kier molecular flexibility index (Phi) is 3.39. The minimum Gasteiger partial charge on any atom is -0.384 e. The Balaban J connectivity index is 1.58. The van der Waals surface area contributed by atoms with E-state index in [4.69, 9.17) is 0 Å². The minimum atomic E-state index is -3.63. The van der Waals surface area contributed by atoms with Gasteiger partial charge in [-0.05, 0) is 54.3 Å². The molecule has 0 amide bonds. The first-order valence-electron chi connectivity index (χ1n) is 7.66. The van der Waals surface area contributed by atoms with Gasteiger partial charge >= 0.3 is 0 Å². The predicted molar refractivity (Wildman–Crippen MR) is 86.5 cm³/mol. The van der Waals surface area contributed by atoms with E-state index in [0.717, 1.165) is 25.1 Å². The van der Waals surface area contributed by atoms with Gasteiger partial charge in [0.1, 0.15) is 5.82 Å². The molecule has 2 aliphatic rings. The van der Waals surface area contributed by atoms with Crippen molar-refractivity contribution in [3.63, 3.8) is 0 Å². The molecule has 2 atom stereocenters. The van der Waals surface area contributed by atoms with Crippen LogP contribution in [0.3, 0.4) is 0 Å². The van der Waals surface area contributed by atoms with Crippen molar-refractivity contribution in [2.75, 3.05) is 11.9 Å². The summed E-state index contributed by atoms with van der Waals surface area (Å²) in [5.74, 6) is -0.101. The number of benzene rings is 2. The Morgan fingerprint density at radius 1 is 1.13 bits per heavy atom. The fraction of sp³-hybridized carbons (Fsp3) is 0.294. The van der Waals surface area contributed by atoms with E-state index in [1.54, 1.807) is 0 Å². The fourth-order valence-electron chi connectivity index (χ4n) is 3.65. The molecule has 0 saturated heterocycles. The number of hydrogen-bond donors (Lipinski definition) is 2. The van der Waals surface area contributed by atoms with Gasteiger partial charge in [0.05, 0.1) is 4.90 Å². The zero-order valence-electron chi connectivity index (χ0n) is 12.4. The van der Waals surface area contributed by atoms with Crippen molar-refractivity contribution in [3.05, 3.63) is 59.4 Å². The Morgan fingerprint density at radius 3 is 2.70 bits per heavy atom. The maximum atomic E-state index is 13.0. The monoisotopic (exact) mass is 332 g/mol. The molecule has 4 nitrogen and oxygen atoms in total. The molecule has 23 heavy (non-hydrogen) atoms. The summed E-state index contributed by atoms with van der Waals surface area (Å²) in [6.07, 6.45) is 1.46. The van der Waals surface area contributed by atoms with Crippen LogP contribution in [0.5, 0.6) is 0 Å². The molecule has 0 aromatic heterocycles. The van der Waals surface area contributed by atoms with Gasteiger partial charge in [0.2, 0.25) is 10.0 Å². The highest BCUT2D eigenvalue weighted by molar-refractivity contribution is 7.89. The van der Waals surface area contributed by atoms with E-state index in [2.05, 4.69) is 22.2 Å². The van der Waals surface area contributed by atoms with Crippen LogP contribution >= 0.6 is 0 Å². The third kappa shape index (κ3) is 2.62. The van der Waals surface area contributed by atoms with Crippen molar-refractivity contribution in [2.24, 2.45) is 0 Å². The van der Waals surface area contributed by atoms with Crippen LogP contribution in [0.2, 0.25) is 0 Å². The first kappa shape index (κ1) is 14.7. The molecule has 0 bridgehead atoms. The summed E-state index contributed by atoms with van der Waals surface area (Å²) in [6, 6.07) is 10.9. The van der Waals surface area contributed by atoms with Crippen molar-refractivity contribution in [1.29, 1.82) is 0 Å². The number of halogens is 1. The quantitative estimate of drug-likeness (QED) is 0.908. The lowest BCUT2D eigenvalue weighted by Gasteiger charge is -2.28. The predicted octanol–water partition coefficient (Wildman–Crippen LogP) is 2.63. The number of anilines is 1. The van der Waals surface area contributed by atoms with Gasteiger partial charge < -0.3 is 5.32 Å². The molecule has 1 aliphatic heterocycles. The van der Waals surface area contributed by atoms with Gasteiger partial charge in [0.25, 0.3) is 0 Å². The highest BCUT2D eigenvalue weighted by Gasteiger charge is 2.34. The van der Waals surface area contributed by atoms with Crippen LogP contribution in [-0.2, 0) is 16.4 Å². The Labute approximate surface area is 134 Å². The van der Waals surface area contributed by atoms with Gasteiger partial charge in [-0.3, -0.25) is 0 Å². The molecule has 2 aromatic rings. The molecule has 4 rings (SSSR count). The number of rotatable bonds is 3. The molecule has 1 heterocycles. The molecule has 120 valence electrons. The summed E-state index contributed by atoms with van der Waals surface area (Å²) >= 11 is 0. The molecule has 2 N–H and O–H groups in total. The van der Waals surface area contributed by atoms with Gasteiger partial charge in [-0.25, -0.2) is 17.5 Å². The third-order valence-corrected chi connectivity index (χ3v) is 6.16. The Morgan fingerprint density at radius 2 is 1.91 bits per heavy atom. The maximum Gasteiger partial charge on any atom is 0.240 e. The van der Waals surface area contributed by atoms with Crippen molar-refractivity contribution in [3.8, 4) is 0 Å². The van der Waals surface area contributed by atoms with Crippen molar-refractivity contribution in [1.82, 2.24) is 4.72 Å². The Bertz CT molecular complexity index is 849. The summed E-state index contributed by atoms with van der Waals surface area (Å²) in [5, 5.41) is 3.38. The maximum absolute atomic E-state index is 13.0. The van der Waals surface area contributed by atoms with E-state index < -0.39 is 15.8 Å². The summed E-state index contributed by atoms with van der Waals surface area (Å²) in [4.78, 5) is 0.1000. The van der Waals surface area contributed by atoms with Gasteiger partial charge in [0.15, 0.2) is 0 Å². The SMILES string of the molecule is O=S(=O)(NC1Cc2cccc3c2C(CN3)C1)c1ccc(F)cc1. The van der Waals surface area contributed by atoms with Crippen molar-refractivity contribution >= 4 is 15.7 Å². The molecular weight excluding hydrogens is 315 g/mol. The van der Waals surface area contributed by atoms with E-state index in [1.165, 1.54) is 28.9 Å². The molecule has 0 spiro atoms. The molecule has 0 saturated carbocycles. The summed E-state index contributed by atoms with van der Waals surface area (Å²) in [5.41, 5.74) is 3.72. The second-order valence-corrected chi connectivity index (χ2v) is 7.88. The van der Waals surface area contributed by atoms with Crippen molar-refractivity contribution < 1.29 is 12.8 Å². The standard InChI is InChI=1S/C17H17FN2O2S/c18-13-4-6-15(7-5-13)23(21,22)20-14-8-11-2-1-3-16-17(11)12(9-14)10-19-16/h1-7,12,14,19-20H,8-10H2. The average Bonchev–Trinajstić information content (AvgIpc) is 2.92. The lowest BCUT2D eigenvalue weighted by molar-refractivity contribution is 0.471. The van der Waals surface area contributed by atoms with Gasteiger partial charge in [-0.1, -0.05) is 12.1 Å². The molecule has 2 unspecified atom stereocenters. The lowest BCUT2D eigenvalue weighted by Crippen LogP contribution is -2.40. The summed E-state index contributed by atoms with van der Waals surface area (Å²) < 4.78 is 40.7. The van der Waals surface area contributed by atoms with E-state index in [0.29, 0.717) is 12.3 Å². The zero-order valence-corrected chi connectivity index (χ0v) is 13.2. The first-order chi connectivity index (χ1) is 11.0. The molecular formula is C17H17FN2O2S. The van der Waals surface area contributed by atoms with Gasteiger partial charge in [0, 0.05) is 24.2 Å². The second kappa shape index (κ2) is 5.32. The van der Waals surface area contributed by atoms with Crippen LogP contribution in [0.1, 0.15) is 23.5 Å². The summed E-state index contributed by atoms with van der Waals surface area (Å²) in [6.45, 7) is 0.848. The van der Waals surface area contributed by atoms with Crippen LogP contribution in [0.25, 0.3) is 0 Å². The van der Waals surface area contributed by atoms with E-state index in [-0.39, 0.29) is 10.9 Å². The zero-order chi connectivity index (χ0) is 16.0. The third-order valence-electron chi connectivity index (χ3n) is 4.62. The molecule has 6 heteroatoms. The number of sulfonamides is 1. The van der Waals surface area contributed by atoms with E-state index >= 15 is 0 Å². The molecule has 0 radical (unpaired) electrons. The average molecular weight is 332 g/mol. The van der Waals surface area contributed by atoms with Crippen LogP contribution in [0.15, 0.2) is 47.4 Å². The number of hydrogen-bond acceptors (Lipinski definition) is 3. The second-order valence-electron chi connectivity index (χ2n) is 6.17. The largest absolute Gasteiger partial charge is 0.384 e. The van der Waals surface area contributed by atoms with Crippen LogP contribution in [-0.4, -0.2) is 21.0 Å². The Hall–Kier alpha value is -1.92. The van der Waals surface area contributed by atoms with Gasteiger partial charge in [-0.2, -0.15) is 0 Å². The fourth-order valence-corrected chi connectivity index (χ4v) is 4.90. The highest BCUT2D eigenvalue weighted by atomic mass is 32.2. The smallest absolute Gasteiger partial charge is 0.240 e. The summed E-state index contributed by atoms with van der Waals surface area (Å²) in [7, 11) is -3.63. The van der Waals surface area contributed by atoms with Crippen LogP contribution in [0.4, 0.5) is 10.1 Å². The number of nitrogens with one attached hydrogen (secondary N) is 2. The van der Waals surface area contributed by atoms with Crippen LogP contribution in [0, 0.1) is 5.82 Å². The first-order valence-corrected chi connectivity index (χ1v) is 9.15. The molecule has 2 aromatic carbocycles. The van der Waals surface area contributed by atoms with E-state index in [1.807, 2.05) is 6.07 Å². The van der Waals surface area contributed by atoms with Crippen molar-refractivity contribution in [2.45, 2.75) is 29.7 Å². The molecule has 0 fully saturated rings. The molecule has 1 aliphatic carbocycles. The topological polar surface area (TPSA) is 58.2 Å². The van der Waals surface area contributed by atoms with E-state index in [9.17, 15) is 12.8 Å².